The zero-order valence-corrected chi connectivity index (χ0v) is 17.7. The quantitative estimate of drug-likeness (QED) is 0.602. The minimum Gasteiger partial charge on any atom is -0.352 e. The highest BCUT2D eigenvalue weighted by Gasteiger charge is 2.40. The SMILES string of the molecule is CCCN1C(=S)N[C@@H](c2ccccn2)[C@@H]1c1cc(C)n(-c2cccc(F)c2)c1C. The Kier molecular flexibility index (Phi) is 5.37. The molecule has 1 N–H and O–H groups in total. The number of thiocarbonyl (C=S) groups is 1. The van der Waals surface area contributed by atoms with Crippen LogP contribution in [-0.2, 0) is 0 Å². The molecule has 1 aliphatic heterocycles. The summed E-state index contributed by atoms with van der Waals surface area (Å²) in [5, 5.41) is 4.24. The van der Waals surface area contributed by atoms with Gasteiger partial charge in [-0.1, -0.05) is 19.1 Å². The molecule has 2 atom stereocenters. The number of aryl methyl sites for hydroxylation is 1. The number of nitrogens with one attached hydrogen (secondary N) is 1. The average molecular weight is 409 g/mol. The van der Waals surface area contributed by atoms with Gasteiger partial charge in [-0.15, -0.1) is 0 Å². The highest BCUT2D eigenvalue weighted by Crippen LogP contribution is 2.41. The zero-order chi connectivity index (χ0) is 20.5. The molecule has 29 heavy (non-hydrogen) atoms. The molecule has 1 aromatic carbocycles. The standard InChI is InChI=1S/C23H25FN4S/c1-4-12-27-22(21(26-23(27)29)20-10-5-6-11-25-20)19-13-15(2)28(16(19)3)18-9-7-8-17(24)14-18/h5-11,13-14,21-22H,4,12H2,1-3H3,(H,26,29)/t21-,22-/m0/s1. The van der Waals surface area contributed by atoms with Gasteiger partial charge in [-0.3, -0.25) is 4.98 Å². The van der Waals surface area contributed by atoms with Crippen LogP contribution in [0.1, 0.15) is 48.1 Å². The van der Waals surface area contributed by atoms with E-state index in [0.717, 1.165) is 40.8 Å². The number of benzene rings is 1. The van der Waals surface area contributed by atoms with Crippen molar-refractivity contribution in [2.75, 3.05) is 6.54 Å². The molecule has 0 saturated carbocycles. The van der Waals surface area contributed by atoms with E-state index in [9.17, 15) is 4.39 Å². The van der Waals surface area contributed by atoms with Crippen LogP contribution in [0.4, 0.5) is 4.39 Å². The minimum absolute atomic E-state index is 0.0308. The van der Waals surface area contributed by atoms with Crippen molar-refractivity contribution in [3.8, 4) is 5.69 Å². The van der Waals surface area contributed by atoms with Crippen molar-refractivity contribution in [2.24, 2.45) is 0 Å². The molecule has 0 radical (unpaired) electrons. The van der Waals surface area contributed by atoms with Crippen molar-refractivity contribution in [2.45, 2.75) is 39.3 Å². The Labute approximate surface area is 176 Å². The van der Waals surface area contributed by atoms with E-state index in [-0.39, 0.29) is 17.9 Å². The first-order valence-corrected chi connectivity index (χ1v) is 10.3. The van der Waals surface area contributed by atoms with Crippen molar-refractivity contribution in [1.82, 2.24) is 19.8 Å². The van der Waals surface area contributed by atoms with Gasteiger partial charge in [0.2, 0.25) is 0 Å². The molecule has 0 amide bonds. The lowest BCUT2D eigenvalue weighted by Crippen LogP contribution is -2.30. The third-order valence-corrected chi connectivity index (χ3v) is 5.87. The maximum absolute atomic E-state index is 13.9. The fourth-order valence-corrected chi connectivity index (χ4v) is 4.66. The lowest BCUT2D eigenvalue weighted by atomic mass is 9.96. The Morgan fingerprint density at radius 1 is 1.14 bits per heavy atom. The van der Waals surface area contributed by atoms with Gasteiger partial charge in [0, 0.05) is 29.8 Å². The maximum Gasteiger partial charge on any atom is 0.170 e. The molecule has 150 valence electrons. The Bertz CT molecular complexity index is 1030. The Balaban J connectivity index is 1.84. The molecule has 6 heteroatoms. The predicted octanol–water partition coefficient (Wildman–Crippen LogP) is 5.01. The number of pyridine rings is 1. The fraction of sp³-hybridized carbons (Fsp3) is 0.304. The van der Waals surface area contributed by atoms with E-state index in [4.69, 9.17) is 12.2 Å². The highest BCUT2D eigenvalue weighted by molar-refractivity contribution is 7.80. The van der Waals surface area contributed by atoms with Crippen LogP contribution in [0.15, 0.2) is 54.7 Å². The van der Waals surface area contributed by atoms with Crippen LogP contribution in [0, 0.1) is 19.7 Å². The van der Waals surface area contributed by atoms with Gasteiger partial charge in [-0.05, 0) is 74.4 Å². The topological polar surface area (TPSA) is 33.1 Å². The summed E-state index contributed by atoms with van der Waals surface area (Å²) < 4.78 is 16.0. The third-order valence-electron chi connectivity index (χ3n) is 5.52. The number of nitrogens with zero attached hydrogens (tertiary/aromatic N) is 3. The summed E-state index contributed by atoms with van der Waals surface area (Å²) in [4.78, 5) is 6.85. The number of rotatable bonds is 5. The van der Waals surface area contributed by atoms with Gasteiger partial charge in [0.15, 0.2) is 5.11 Å². The number of aromatic nitrogens is 2. The second kappa shape index (κ2) is 7.95. The average Bonchev–Trinajstić information content (AvgIpc) is 3.18. The molecule has 4 rings (SSSR count). The molecule has 3 heterocycles. The Morgan fingerprint density at radius 2 is 1.97 bits per heavy atom. The van der Waals surface area contributed by atoms with Gasteiger partial charge in [0.05, 0.1) is 17.8 Å². The van der Waals surface area contributed by atoms with Crippen LogP contribution < -0.4 is 5.32 Å². The smallest absolute Gasteiger partial charge is 0.170 e. The van der Waals surface area contributed by atoms with Gasteiger partial charge in [0.1, 0.15) is 5.82 Å². The Morgan fingerprint density at radius 3 is 2.66 bits per heavy atom. The molecule has 3 aromatic rings. The molecule has 1 aliphatic rings. The van der Waals surface area contributed by atoms with Crippen molar-refractivity contribution in [1.29, 1.82) is 0 Å². The molecule has 2 aromatic heterocycles. The lowest BCUT2D eigenvalue weighted by molar-refractivity contribution is 0.316. The van der Waals surface area contributed by atoms with Gasteiger partial charge in [-0.25, -0.2) is 4.39 Å². The second-order valence-corrected chi connectivity index (χ2v) is 7.85. The number of halogens is 1. The summed E-state index contributed by atoms with van der Waals surface area (Å²) in [6, 6.07) is 14.9. The predicted molar refractivity (Wildman–Crippen MR) is 118 cm³/mol. The molecule has 1 fully saturated rings. The summed E-state index contributed by atoms with van der Waals surface area (Å²) in [7, 11) is 0. The Hall–Kier alpha value is -2.73. The van der Waals surface area contributed by atoms with Crippen molar-refractivity contribution >= 4 is 17.3 Å². The molecule has 0 bridgehead atoms. The molecule has 4 nitrogen and oxygen atoms in total. The first-order chi connectivity index (χ1) is 14.0. The summed E-state index contributed by atoms with van der Waals surface area (Å²) >= 11 is 5.68. The summed E-state index contributed by atoms with van der Waals surface area (Å²) in [6.45, 7) is 7.17. The highest BCUT2D eigenvalue weighted by atomic mass is 32.1. The monoisotopic (exact) mass is 408 g/mol. The largest absolute Gasteiger partial charge is 0.352 e. The molecule has 1 saturated heterocycles. The van der Waals surface area contributed by atoms with Gasteiger partial charge in [0.25, 0.3) is 0 Å². The van der Waals surface area contributed by atoms with Crippen LogP contribution in [0.25, 0.3) is 5.69 Å². The lowest BCUT2D eigenvalue weighted by Gasteiger charge is -2.27. The van der Waals surface area contributed by atoms with Crippen LogP contribution >= 0.6 is 12.2 Å². The van der Waals surface area contributed by atoms with Gasteiger partial charge >= 0.3 is 0 Å². The van der Waals surface area contributed by atoms with E-state index in [0.29, 0.717) is 0 Å². The number of hydrogen-bond donors (Lipinski definition) is 1. The molecule has 0 aliphatic carbocycles. The van der Waals surface area contributed by atoms with Crippen LogP contribution in [0.2, 0.25) is 0 Å². The number of hydrogen-bond acceptors (Lipinski definition) is 2. The van der Waals surface area contributed by atoms with Crippen molar-refractivity contribution in [3.63, 3.8) is 0 Å². The van der Waals surface area contributed by atoms with Crippen molar-refractivity contribution < 1.29 is 4.39 Å². The fourth-order valence-electron chi connectivity index (χ4n) is 4.33. The van der Waals surface area contributed by atoms with Gasteiger partial charge in [-0.2, -0.15) is 0 Å². The maximum atomic E-state index is 13.9. The molecule has 0 unspecified atom stereocenters. The molecular formula is C23H25FN4S. The normalized spacial score (nSPS) is 18.9. The molecular weight excluding hydrogens is 383 g/mol. The second-order valence-electron chi connectivity index (χ2n) is 7.46. The van der Waals surface area contributed by atoms with Crippen LogP contribution in [-0.4, -0.2) is 26.1 Å². The van der Waals surface area contributed by atoms with Crippen LogP contribution in [0.3, 0.4) is 0 Å². The van der Waals surface area contributed by atoms with E-state index >= 15 is 0 Å². The summed E-state index contributed by atoms with van der Waals surface area (Å²) in [6.07, 6.45) is 2.81. The molecule has 0 spiro atoms. The van der Waals surface area contributed by atoms with Gasteiger partial charge < -0.3 is 14.8 Å². The van der Waals surface area contributed by atoms with E-state index < -0.39 is 0 Å². The first kappa shape index (κ1) is 19.6. The zero-order valence-electron chi connectivity index (χ0n) is 16.9. The summed E-state index contributed by atoms with van der Waals surface area (Å²) in [5.41, 5.74) is 5.14. The summed E-state index contributed by atoms with van der Waals surface area (Å²) in [5.74, 6) is -0.237. The third kappa shape index (κ3) is 3.53. The first-order valence-electron chi connectivity index (χ1n) is 9.94. The van der Waals surface area contributed by atoms with E-state index in [1.807, 2.05) is 30.5 Å². The minimum atomic E-state index is -0.237. The van der Waals surface area contributed by atoms with Crippen molar-refractivity contribution in [3.05, 3.63) is 83.2 Å². The van der Waals surface area contributed by atoms with E-state index in [1.165, 1.54) is 11.6 Å². The van der Waals surface area contributed by atoms with E-state index in [1.54, 1.807) is 12.1 Å². The van der Waals surface area contributed by atoms with Crippen LogP contribution in [0.5, 0.6) is 0 Å². The van der Waals surface area contributed by atoms with E-state index in [2.05, 4.69) is 46.6 Å².